The van der Waals surface area contributed by atoms with Gasteiger partial charge >= 0.3 is 0 Å². The van der Waals surface area contributed by atoms with E-state index in [4.69, 9.17) is 5.90 Å². The molecule has 3 nitrogen and oxygen atoms in total. The van der Waals surface area contributed by atoms with Gasteiger partial charge in [0.25, 0.3) is 0 Å². The Morgan fingerprint density at radius 3 is 2.50 bits per heavy atom. The summed E-state index contributed by atoms with van der Waals surface area (Å²) in [6, 6.07) is 0. The summed E-state index contributed by atoms with van der Waals surface area (Å²) in [6.45, 7) is 6.58. The predicted octanol–water partition coefficient (Wildman–Crippen LogP) is 0.605. The molecule has 0 aromatic rings. The van der Waals surface area contributed by atoms with Crippen molar-refractivity contribution in [3.8, 4) is 0 Å². The number of aliphatic imine (C=N–C) groups is 1. The van der Waals surface area contributed by atoms with Crippen LogP contribution in [0.2, 0.25) is 0 Å². The van der Waals surface area contributed by atoms with E-state index in [0.29, 0.717) is 5.76 Å². The quantitative estimate of drug-likeness (QED) is 0.251. The van der Waals surface area contributed by atoms with E-state index in [2.05, 4.69) is 23.1 Å². The summed E-state index contributed by atoms with van der Waals surface area (Å²) in [5.41, 5.74) is 0. The molecule has 0 atom stereocenters. The van der Waals surface area contributed by atoms with Gasteiger partial charge in [0, 0.05) is 0 Å². The van der Waals surface area contributed by atoms with Crippen LogP contribution in [0.15, 0.2) is 29.6 Å². The Labute approximate surface area is 48.1 Å². The van der Waals surface area contributed by atoms with E-state index in [-0.39, 0.29) is 0 Å². The van der Waals surface area contributed by atoms with Crippen LogP contribution < -0.4 is 5.90 Å². The third-order valence-electron chi connectivity index (χ3n) is 0.556. The molecule has 0 heterocycles. The second-order valence-corrected chi connectivity index (χ2v) is 1.04. The molecule has 0 amide bonds. The fourth-order valence-electron chi connectivity index (χ4n) is 0.221. The summed E-state index contributed by atoms with van der Waals surface area (Å²) in [4.78, 5) is 7.64. The highest BCUT2D eigenvalue weighted by Crippen LogP contribution is 1.91. The third kappa shape index (κ3) is 2.15. The summed E-state index contributed by atoms with van der Waals surface area (Å²) in [6.07, 6.45) is 2.81. The van der Waals surface area contributed by atoms with Crippen molar-refractivity contribution in [1.82, 2.24) is 0 Å². The fourth-order valence-corrected chi connectivity index (χ4v) is 0.221. The number of hydrogen-bond donors (Lipinski definition) is 1. The van der Waals surface area contributed by atoms with Gasteiger partial charge in [0.1, 0.15) is 0 Å². The van der Waals surface area contributed by atoms with Crippen molar-refractivity contribution in [2.24, 2.45) is 10.9 Å². The monoisotopic (exact) mass is 112 g/mol. The Morgan fingerprint density at radius 2 is 2.38 bits per heavy atom. The van der Waals surface area contributed by atoms with Crippen LogP contribution in [-0.4, -0.2) is 6.72 Å². The Balaban J connectivity index is 3.84. The molecule has 8 heavy (non-hydrogen) atoms. The van der Waals surface area contributed by atoms with Crippen LogP contribution >= 0.6 is 0 Å². The summed E-state index contributed by atoms with van der Waals surface area (Å²) in [7, 11) is 0. The smallest absolute Gasteiger partial charge is 0.164 e. The normalized spacial score (nSPS) is 10.4. The molecular formula is C5H8N2O. The van der Waals surface area contributed by atoms with Crippen LogP contribution in [0.1, 0.15) is 0 Å². The van der Waals surface area contributed by atoms with Gasteiger partial charge in [-0.1, -0.05) is 6.58 Å². The highest BCUT2D eigenvalue weighted by molar-refractivity contribution is 5.27. The molecule has 44 valence electrons. The first kappa shape index (κ1) is 6.91. The Bertz CT molecular complexity index is 118. The molecule has 0 aliphatic rings. The van der Waals surface area contributed by atoms with Crippen LogP contribution in [0.4, 0.5) is 0 Å². The SMILES string of the molecule is C=C/C(=C\N=C)ON. The van der Waals surface area contributed by atoms with Crippen molar-refractivity contribution in [1.29, 1.82) is 0 Å². The zero-order chi connectivity index (χ0) is 6.41. The highest BCUT2D eigenvalue weighted by Gasteiger charge is 1.81. The van der Waals surface area contributed by atoms with Crippen LogP contribution in [0.25, 0.3) is 0 Å². The molecule has 0 saturated heterocycles. The van der Waals surface area contributed by atoms with Crippen molar-refractivity contribution in [3.05, 3.63) is 24.6 Å². The van der Waals surface area contributed by atoms with E-state index in [1.807, 2.05) is 0 Å². The second kappa shape index (κ2) is 4.08. The van der Waals surface area contributed by atoms with Crippen LogP contribution in [0.3, 0.4) is 0 Å². The molecule has 0 fully saturated rings. The van der Waals surface area contributed by atoms with E-state index in [9.17, 15) is 0 Å². The van der Waals surface area contributed by atoms with Crippen LogP contribution in [0.5, 0.6) is 0 Å². The van der Waals surface area contributed by atoms with Gasteiger partial charge in [-0.2, -0.15) is 5.90 Å². The maximum Gasteiger partial charge on any atom is 0.164 e. The Hall–Kier alpha value is -1.09. The molecule has 0 unspecified atom stereocenters. The zero-order valence-corrected chi connectivity index (χ0v) is 4.50. The van der Waals surface area contributed by atoms with Crippen molar-refractivity contribution in [3.63, 3.8) is 0 Å². The average Bonchev–Trinajstić information content (AvgIpc) is 1.83. The molecule has 0 aromatic carbocycles. The molecule has 0 rings (SSSR count). The summed E-state index contributed by atoms with van der Waals surface area (Å²) in [5.74, 6) is 5.14. The number of hydrogen-bond acceptors (Lipinski definition) is 3. The summed E-state index contributed by atoms with van der Waals surface area (Å²) >= 11 is 0. The first-order valence-corrected chi connectivity index (χ1v) is 2.00. The van der Waals surface area contributed by atoms with Gasteiger partial charge < -0.3 is 4.84 Å². The number of rotatable bonds is 3. The first-order valence-electron chi connectivity index (χ1n) is 2.00. The lowest BCUT2D eigenvalue weighted by Gasteiger charge is -1.92. The van der Waals surface area contributed by atoms with E-state index < -0.39 is 0 Å². The molecule has 3 heteroatoms. The van der Waals surface area contributed by atoms with E-state index in [0.717, 1.165) is 0 Å². The number of nitrogens with zero attached hydrogens (tertiary/aromatic N) is 1. The molecule has 0 aliphatic heterocycles. The largest absolute Gasteiger partial charge is 0.410 e. The Kier molecular flexibility index (Phi) is 3.52. The van der Waals surface area contributed by atoms with Gasteiger partial charge in [-0.25, -0.2) is 0 Å². The summed E-state index contributed by atoms with van der Waals surface area (Å²) in [5, 5.41) is 0. The summed E-state index contributed by atoms with van der Waals surface area (Å²) < 4.78 is 0. The highest BCUT2D eigenvalue weighted by atomic mass is 16.6. The molecule has 0 saturated carbocycles. The minimum Gasteiger partial charge on any atom is -0.410 e. The van der Waals surface area contributed by atoms with Gasteiger partial charge in [-0.15, -0.1) is 0 Å². The molecule has 2 N–H and O–H groups in total. The first-order chi connectivity index (χ1) is 3.85. The lowest BCUT2D eigenvalue weighted by atomic mass is 10.5. The van der Waals surface area contributed by atoms with Gasteiger partial charge in [0.2, 0.25) is 0 Å². The fraction of sp³-hybridized carbons (Fsp3) is 0. The maximum atomic E-state index is 4.74. The number of allylic oxidation sites excluding steroid dienone is 1. The van der Waals surface area contributed by atoms with Gasteiger partial charge in [0.15, 0.2) is 5.76 Å². The zero-order valence-electron chi connectivity index (χ0n) is 4.50. The van der Waals surface area contributed by atoms with Crippen LogP contribution in [0, 0.1) is 0 Å². The third-order valence-corrected chi connectivity index (χ3v) is 0.556. The van der Waals surface area contributed by atoms with Gasteiger partial charge in [-0.05, 0) is 12.8 Å². The predicted molar refractivity (Wildman–Crippen MR) is 33.1 cm³/mol. The average molecular weight is 112 g/mol. The maximum absolute atomic E-state index is 4.74. The molecular weight excluding hydrogens is 104 g/mol. The molecule has 0 spiro atoms. The molecule has 0 aliphatic carbocycles. The van der Waals surface area contributed by atoms with Crippen LogP contribution in [-0.2, 0) is 4.84 Å². The van der Waals surface area contributed by atoms with Crippen molar-refractivity contribution in [2.45, 2.75) is 0 Å². The number of nitrogens with two attached hydrogens (primary N) is 1. The van der Waals surface area contributed by atoms with Crippen molar-refractivity contribution < 1.29 is 4.84 Å². The van der Waals surface area contributed by atoms with Crippen molar-refractivity contribution in [2.75, 3.05) is 0 Å². The molecule has 0 aromatic heterocycles. The van der Waals surface area contributed by atoms with E-state index >= 15 is 0 Å². The standard InChI is InChI=1S/C5H8N2O/c1-3-5(8-6)4-7-2/h3-4H,1-2,6H2/b5-4+. The van der Waals surface area contributed by atoms with E-state index in [1.54, 1.807) is 0 Å². The molecule has 0 bridgehead atoms. The lowest BCUT2D eigenvalue weighted by molar-refractivity contribution is 0.233. The van der Waals surface area contributed by atoms with E-state index in [1.165, 1.54) is 12.3 Å². The Morgan fingerprint density at radius 1 is 1.75 bits per heavy atom. The minimum atomic E-state index is 0.403. The minimum absolute atomic E-state index is 0.403. The topological polar surface area (TPSA) is 47.6 Å². The van der Waals surface area contributed by atoms with Crippen molar-refractivity contribution >= 4 is 6.72 Å². The molecule has 0 radical (unpaired) electrons. The van der Waals surface area contributed by atoms with Gasteiger partial charge in [0.05, 0.1) is 6.20 Å². The van der Waals surface area contributed by atoms with Gasteiger partial charge in [-0.3, -0.25) is 4.99 Å². The second-order valence-electron chi connectivity index (χ2n) is 1.04. The lowest BCUT2D eigenvalue weighted by Crippen LogP contribution is -1.95.